The first-order chi connectivity index (χ1) is 28.8. The van der Waals surface area contributed by atoms with Crippen molar-refractivity contribution in [2.45, 2.75) is 32.3 Å². The van der Waals surface area contributed by atoms with Crippen molar-refractivity contribution in [3.8, 4) is 40.9 Å². The molecular formula is C51H43ClO7. The molecule has 0 atom stereocenters. The number of halogens is 1. The van der Waals surface area contributed by atoms with Gasteiger partial charge >= 0.3 is 11.9 Å². The lowest BCUT2D eigenvalue weighted by atomic mass is 10.1. The molecule has 6 aromatic carbocycles. The average Bonchev–Trinajstić information content (AvgIpc) is 3.26. The van der Waals surface area contributed by atoms with Gasteiger partial charge in [0.25, 0.3) is 0 Å². The quantitative estimate of drug-likeness (QED) is 0.0393. The Labute approximate surface area is 350 Å². The Morgan fingerprint density at radius 2 is 0.915 bits per heavy atom. The van der Waals surface area contributed by atoms with Crippen LogP contribution in [-0.2, 0) is 25.7 Å². The van der Waals surface area contributed by atoms with Gasteiger partial charge in [0.1, 0.15) is 23.9 Å². The summed E-state index contributed by atoms with van der Waals surface area (Å²) < 4.78 is 27.8. The lowest BCUT2D eigenvalue weighted by Gasteiger charge is -2.08. The number of unbranched alkanes of at least 4 members (excludes halogenated alkanes) is 2. The van der Waals surface area contributed by atoms with Crippen LogP contribution in [0.15, 0.2) is 141 Å². The van der Waals surface area contributed by atoms with Gasteiger partial charge in [0.15, 0.2) is 0 Å². The minimum atomic E-state index is -0.408. The molecule has 0 heterocycles. The summed E-state index contributed by atoms with van der Waals surface area (Å²) in [5, 5.41) is 4.75. The zero-order valence-electron chi connectivity index (χ0n) is 32.6. The van der Waals surface area contributed by atoms with Gasteiger partial charge in [0, 0.05) is 34.4 Å². The predicted molar refractivity (Wildman–Crippen MR) is 234 cm³/mol. The van der Waals surface area contributed by atoms with Crippen LogP contribution in [0.25, 0.3) is 21.5 Å². The summed E-state index contributed by atoms with van der Waals surface area (Å²) in [6.07, 6.45) is 5.33. The van der Waals surface area contributed by atoms with Crippen LogP contribution in [-0.4, -0.2) is 38.4 Å². The predicted octanol–water partition coefficient (Wildman–Crippen LogP) is 10.8. The molecule has 7 nitrogen and oxygen atoms in total. The molecule has 0 aromatic heterocycles. The van der Waals surface area contributed by atoms with Crippen molar-refractivity contribution < 1.29 is 33.3 Å². The number of carbonyl (C=O) groups is 2. The molecule has 0 bridgehead atoms. The van der Waals surface area contributed by atoms with Crippen LogP contribution in [0, 0.1) is 23.7 Å². The molecule has 296 valence electrons. The Morgan fingerprint density at radius 1 is 0.492 bits per heavy atom. The van der Waals surface area contributed by atoms with E-state index in [1.54, 1.807) is 0 Å². The van der Waals surface area contributed by atoms with Crippen molar-refractivity contribution in [3.63, 3.8) is 0 Å². The number of carbonyl (C=O) groups excluding carboxylic acids is 2. The molecule has 0 saturated carbocycles. The number of hydrogen-bond donors (Lipinski definition) is 0. The van der Waals surface area contributed by atoms with Crippen LogP contribution in [0.4, 0.5) is 0 Å². The molecule has 0 fully saturated rings. The van der Waals surface area contributed by atoms with Gasteiger partial charge in [-0.05, 0) is 132 Å². The molecule has 0 aliphatic heterocycles. The van der Waals surface area contributed by atoms with Crippen molar-refractivity contribution in [3.05, 3.63) is 173 Å². The largest absolute Gasteiger partial charge is 0.494 e. The first-order valence-electron chi connectivity index (χ1n) is 19.3. The molecule has 0 spiro atoms. The van der Waals surface area contributed by atoms with E-state index in [4.69, 9.17) is 35.3 Å². The van der Waals surface area contributed by atoms with E-state index in [1.807, 2.05) is 109 Å². The van der Waals surface area contributed by atoms with E-state index in [1.165, 1.54) is 0 Å². The molecule has 0 unspecified atom stereocenters. The molecule has 0 radical (unpaired) electrons. The molecule has 6 aromatic rings. The molecule has 6 rings (SSSR count). The number of esters is 2. The lowest BCUT2D eigenvalue weighted by Crippen LogP contribution is -2.04. The second kappa shape index (κ2) is 21.6. The van der Waals surface area contributed by atoms with Crippen LogP contribution >= 0.6 is 11.6 Å². The van der Waals surface area contributed by atoms with Gasteiger partial charge in [-0.1, -0.05) is 84.8 Å². The number of benzene rings is 6. The summed E-state index contributed by atoms with van der Waals surface area (Å²) in [7, 11) is 0. The summed E-state index contributed by atoms with van der Waals surface area (Å²) >= 11 is 6.60. The third kappa shape index (κ3) is 13.1. The first kappa shape index (κ1) is 41.7. The van der Waals surface area contributed by atoms with Crippen molar-refractivity contribution in [2.75, 3.05) is 26.4 Å². The van der Waals surface area contributed by atoms with Gasteiger partial charge in [-0.25, -0.2) is 9.59 Å². The Bertz CT molecular complexity index is 2570. The Morgan fingerprint density at radius 3 is 1.42 bits per heavy atom. The lowest BCUT2D eigenvalue weighted by molar-refractivity contribution is -0.138. The molecule has 59 heavy (non-hydrogen) atoms. The van der Waals surface area contributed by atoms with Crippen molar-refractivity contribution in [2.24, 2.45) is 0 Å². The van der Waals surface area contributed by atoms with Gasteiger partial charge in [0.05, 0.1) is 31.5 Å². The molecule has 0 aliphatic carbocycles. The van der Waals surface area contributed by atoms with E-state index in [9.17, 15) is 9.59 Å². The topological polar surface area (TPSA) is 80.3 Å². The SMILES string of the molecule is C=CC(=O)OCCCCOc1ccc2cc(C#Cc3ccc(COc4ccc(C#Cc5ccc6cc(OCCCCOC(=O)C=C)ccc6c5)cc4Cl)cc3)ccc2c1. The Hall–Kier alpha value is -6.93. The maximum atomic E-state index is 11.1. The average molecular weight is 803 g/mol. The summed E-state index contributed by atoms with van der Waals surface area (Å²) in [6.45, 7) is 8.93. The smallest absolute Gasteiger partial charge is 0.330 e. The minimum Gasteiger partial charge on any atom is -0.494 e. The van der Waals surface area contributed by atoms with E-state index < -0.39 is 11.9 Å². The van der Waals surface area contributed by atoms with Gasteiger partial charge in [0.2, 0.25) is 0 Å². The van der Waals surface area contributed by atoms with E-state index in [0.717, 1.165) is 98.7 Å². The zero-order chi connectivity index (χ0) is 41.2. The number of fused-ring (bicyclic) bond motifs is 2. The highest BCUT2D eigenvalue weighted by atomic mass is 35.5. The monoisotopic (exact) mass is 802 g/mol. The van der Waals surface area contributed by atoms with E-state index >= 15 is 0 Å². The van der Waals surface area contributed by atoms with Gasteiger partial charge in [-0.3, -0.25) is 0 Å². The third-order valence-electron chi connectivity index (χ3n) is 9.04. The zero-order valence-corrected chi connectivity index (χ0v) is 33.4. The van der Waals surface area contributed by atoms with Crippen molar-refractivity contribution >= 4 is 45.1 Å². The number of rotatable bonds is 17. The molecular weight excluding hydrogens is 760 g/mol. The normalized spacial score (nSPS) is 10.4. The van der Waals surface area contributed by atoms with Crippen LogP contribution in [0.2, 0.25) is 5.02 Å². The summed E-state index contributed by atoms with van der Waals surface area (Å²) in [4.78, 5) is 22.2. The van der Waals surface area contributed by atoms with Crippen LogP contribution < -0.4 is 14.2 Å². The number of ether oxygens (including phenoxy) is 5. The van der Waals surface area contributed by atoms with Gasteiger partial charge in [-0.15, -0.1) is 0 Å². The standard InChI is InChI=1S/C51H43ClO7/c1-3-50(53)57-29-7-5-27-55-46-24-22-42-31-38(17-20-44(42)34-46)12-9-37-10-15-41(16-11-37)36-59-49-26-19-40(33-48(49)52)14-13-39-18-21-45-35-47(25-23-43(45)32-39)56-28-6-8-30-58-51(54)4-2/h3-4,10-11,15-26,31-35H,1-2,5-8,27-30,36H2. The maximum absolute atomic E-state index is 11.1. The van der Waals surface area contributed by atoms with E-state index in [-0.39, 0.29) is 0 Å². The van der Waals surface area contributed by atoms with E-state index in [0.29, 0.717) is 43.8 Å². The Balaban J connectivity index is 0.953. The highest BCUT2D eigenvalue weighted by Gasteiger charge is 2.05. The molecule has 8 heteroatoms. The second-order valence-electron chi connectivity index (χ2n) is 13.4. The van der Waals surface area contributed by atoms with Crippen LogP contribution in [0.3, 0.4) is 0 Å². The third-order valence-corrected chi connectivity index (χ3v) is 9.34. The van der Waals surface area contributed by atoms with E-state index in [2.05, 4.69) is 42.9 Å². The van der Waals surface area contributed by atoms with Crippen LogP contribution in [0.5, 0.6) is 17.2 Å². The summed E-state index contributed by atoms with van der Waals surface area (Å²) in [5.74, 6) is 14.3. The Kier molecular flexibility index (Phi) is 15.2. The summed E-state index contributed by atoms with van der Waals surface area (Å²) in [6, 6.07) is 37.7. The maximum Gasteiger partial charge on any atom is 0.330 e. The van der Waals surface area contributed by atoms with Crippen molar-refractivity contribution in [1.82, 2.24) is 0 Å². The fourth-order valence-corrected chi connectivity index (χ4v) is 6.10. The van der Waals surface area contributed by atoms with Crippen LogP contribution in [0.1, 0.15) is 53.5 Å². The van der Waals surface area contributed by atoms with Gasteiger partial charge in [-0.2, -0.15) is 0 Å². The van der Waals surface area contributed by atoms with Gasteiger partial charge < -0.3 is 23.7 Å². The molecule has 0 N–H and O–H groups in total. The minimum absolute atomic E-state index is 0.354. The number of hydrogen-bond acceptors (Lipinski definition) is 7. The fourth-order valence-electron chi connectivity index (χ4n) is 5.86. The first-order valence-corrected chi connectivity index (χ1v) is 19.7. The highest BCUT2D eigenvalue weighted by molar-refractivity contribution is 6.32. The van der Waals surface area contributed by atoms with Crippen molar-refractivity contribution in [1.29, 1.82) is 0 Å². The fraction of sp³-hybridized carbons (Fsp3) is 0.176. The molecule has 0 amide bonds. The summed E-state index contributed by atoms with van der Waals surface area (Å²) in [5.41, 5.74) is 4.49. The molecule has 0 aliphatic rings. The second-order valence-corrected chi connectivity index (χ2v) is 13.8. The highest BCUT2D eigenvalue weighted by Crippen LogP contribution is 2.27. The molecule has 0 saturated heterocycles.